The molecule has 218 valence electrons. The van der Waals surface area contributed by atoms with Crippen LogP contribution in [0.4, 0.5) is 39.5 Å². The van der Waals surface area contributed by atoms with E-state index in [9.17, 15) is 49.1 Å². The Bertz CT molecular complexity index is 1450. The number of hydrogen-bond acceptors (Lipinski definition) is 4. The van der Waals surface area contributed by atoms with E-state index < -0.39 is 64.4 Å². The highest BCUT2D eigenvalue weighted by atomic mass is 19.4. The average molecular weight is 591 g/mol. The van der Waals surface area contributed by atoms with Crippen molar-refractivity contribution in [3.05, 3.63) is 69.8 Å². The maximum Gasteiger partial charge on any atom is 0.416 e. The second-order valence-corrected chi connectivity index (χ2v) is 10.6. The highest BCUT2D eigenvalue weighted by molar-refractivity contribution is 6.07. The van der Waals surface area contributed by atoms with Gasteiger partial charge in [0, 0.05) is 30.1 Å². The van der Waals surface area contributed by atoms with Gasteiger partial charge in [0.15, 0.2) is 6.10 Å². The van der Waals surface area contributed by atoms with Crippen molar-refractivity contribution in [2.24, 2.45) is 17.0 Å². The summed E-state index contributed by atoms with van der Waals surface area (Å²) in [7, 11) is 0. The van der Waals surface area contributed by atoms with Crippen LogP contribution >= 0.6 is 0 Å². The summed E-state index contributed by atoms with van der Waals surface area (Å²) in [5, 5.41) is 6.20. The summed E-state index contributed by atoms with van der Waals surface area (Å²) in [6.45, 7) is 0.379. The number of hydrogen-bond donors (Lipinski definition) is 1. The van der Waals surface area contributed by atoms with Gasteiger partial charge in [-0.2, -0.15) is 39.5 Å². The predicted molar refractivity (Wildman–Crippen MR) is 121 cm³/mol. The molecule has 2 unspecified atom stereocenters. The maximum absolute atomic E-state index is 14.3. The van der Waals surface area contributed by atoms with E-state index in [2.05, 4.69) is 10.5 Å². The first kappa shape index (κ1) is 27.4. The zero-order valence-corrected chi connectivity index (χ0v) is 20.5. The average Bonchev–Trinajstić information content (AvgIpc) is 3.52. The summed E-state index contributed by atoms with van der Waals surface area (Å²) in [6, 6.07) is 3.89. The van der Waals surface area contributed by atoms with E-state index in [0.717, 1.165) is 18.9 Å². The van der Waals surface area contributed by atoms with E-state index in [1.807, 2.05) is 0 Å². The molecule has 3 aliphatic heterocycles. The van der Waals surface area contributed by atoms with Gasteiger partial charge < -0.3 is 15.1 Å². The first-order valence-electron chi connectivity index (χ1n) is 12.3. The number of oxime groups is 1. The smallest absolute Gasteiger partial charge is 0.386 e. The molecular formula is C26H18F9N3O3. The number of halogens is 9. The van der Waals surface area contributed by atoms with Crippen LogP contribution < -0.4 is 5.32 Å². The molecule has 2 aromatic rings. The van der Waals surface area contributed by atoms with Gasteiger partial charge >= 0.3 is 18.5 Å². The lowest BCUT2D eigenvalue weighted by Gasteiger charge is -2.48. The van der Waals surface area contributed by atoms with Crippen molar-refractivity contribution in [2.45, 2.75) is 43.0 Å². The van der Waals surface area contributed by atoms with E-state index in [1.54, 1.807) is 4.90 Å². The van der Waals surface area contributed by atoms with Crippen LogP contribution in [0.3, 0.4) is 0 Å². The number of nitrogens with one attached hydrogen (secondary N) is 1. The van der Waals surface area contributed by atoms with Gasteiger partial charge in [-0.15, -0.1) is 0 Å². The Morgan fingerprint density at radius 3 is 2.07 bits per heavy atom. The van der Waals surface area contributed by atoms with Gasteiger partial charge in [0.25, 0.3) is 5.91 Å². The number of carbonyl (C=O) groups is 2. The first-order valence-corrected chi connectivity index (χ1v) is 12.3. The van der Waals surface area contributed by atoms with Gasteiger partial charge in [0.05, 0.1) is 11.1 Å². The number of carbonyl (C=O) groups excluding carboxylic acids is 2. The van der Waals surface area contributed by atoms with Gasteiger partial charge in [-0.25, -0.2) is 0 Å². The molecule has 41 heavy (non-hydrogen) atoms. The number of likely N-dealkylation sites (tertiary alicyclic amines) is 1. The zero-order valence-electron chi connectivity index (χ0n) is 20.5. The third-order valence-electron chi connectivity index (χ3n) is 7.74. The first-order chi connectivity index (χ1) is 19.0. The van der Waals surface area contributed by atoms with E-state index in [4.69, 9.17) is 4.84 Å². The summed E-state index contributed by atoms with van der Waals surface area (Å²) in [4.78, 5) is 31.5. The zero-order chi connectivity index (χ0) is 29.7. The Hall–Kier alpha value is -3.78. The minimum atomic E-state index is -5.28. The van der Waals surface area contributed by atoms with Gasteiger partial charge in [-0.1, -0.05) is 17.3 Å². The summed E-state index contributed by atoms with van der Waals surface area (Å²) in [6.07, 6.45) is -16.5. The molecule has 2 aromatic carbocycles. The molecule has 2 fully saturated rings. The fourth-order valence-corrected chi connectivity index (χ4v) is 5.59. The Morgan fingerprint density at radius 2 is 1.54 bits per heavy atom. The van der Waals surface area contributed by atoms with Crippen molar-refractivity contribution in [1.29, 1.82) is 0 Å². The van der Waals surface area contributed by atoms with Crippen molar-refractivity contribution in [3.63, 3.8) is 0 Å². The molecule has 0 aromatic heterocycles. The lowest BCUT2D eigenvalue weighted by Crippen LogP contribution is -2.66. The molecule has 1 saturated heterocycles. The van der Waals surface area contributed by atoms with Crippen molar-refractivity contribution in [1.82, 2.24) is 10.2 Å². The number of benzene rings is 2. The molecule has 1 saturated carbocycles. The molecule has 0 radical (unpaired) electrons. The quantitative estimate of drug-likeness (QED) is 0.475. The van der Waals surface area contributed by atoms with Gasteiger partial charge in [0.2, 0.25) is 5.91 Å². The van der Waals surface area contributed by atoms with Crippen LogP contribution in [0.15, 0.2) is 41.6 Å². The molecule has 6 rings (SSSR count). The van der Waals surface area contributed by atoms with E-state index >= 15 is 0 Å². The Balaban J connectivity index is 1.33. The molecule has 15 heteroatoms. The second kappa shape index (κ2) is 8.61. The number of rotatable bonds is 3. The summed E-state index contributed by atoms with van der Waals surface area (Å²) < 4.78 is 123. The molecule has 3 heterocycles. The maximum atomic E-state index is 14.3. The molecule has 1 aliphatic carbocycles. The fourth-order valence-electron chi connectivity index (χ4n) is 5.59. The molecule has 1 spiro atoms. The summed E-state index contributed by atoms with van der Waals surface area (Å²) >= 11 is 0. The van der Waals surface area contributed by atoms with E-state index in [0.29, 0.717) is 5.56 Å². The van der Waals surface area contributed by atoms with Crippen LogP contribution in [0.25, 0.3) is 0 Å². The van der Waals surface area contributed by atoms with E-state index in [1.165, 1.54) is 12.1 Å². The number of nitrogens with zero attached hydrogens (tertiary/aromatic N) is 2. The third kappa shape index (κ3) is 4.58. The Kier molecular flexibility index (Phi) is 5.76. The van der Waals surface area contributed by atoms with Crippen molar-refractivity contribution in [3.8, 4) is 0 Å². The van der Waals surface area contributed by atoms with Crippen molar-refractivity contribution < 1.29 is 53.9 Å². The predicted octanol–water partition coefficient (Wildman–Crippen LogP) is 5.57. The SMILES string of the molecule is O=C1NC2(CN(C(=O)C3CC3)C2)c2ccc(C3=NOC(c4cc(C(F)(F)F)cc(C(F)(F)F)c4)C3C(F)(F)F)cc21. The normalized spacial score (nSPS) is 23.6. The second-order valence-electron chi connectivity index (χ2n) is 10.6. The highest BCUT2D eigenvalue weighted by Gasteiger charge is 2.57. The lowest BCUT2D eigenvalue weighted by molar-refractivity contribution is -0.177. The van der Waals surface area contributed by atoms with Crippen LogP contribution in [-0.4, -0.2) is 41.7 Å². The van der Waals surface area contributed by atoms with E-state index in [-0.39, 0.29) is 54.2 Å². The van der Waals surface area contributed by atoms with Gasteiger partial charge in [0.1, 0.15) is 17.2 Å². The topological polar surface area (TPSA) is 71.0 Å². The van der Waals surface area contributed by atoms with Gasteiger partial charge in [-0.05, 0) is 48.2 Å². The van der Waals surface area contributed by atoms with Crippen LogP contribution in [-0.2, 0) is 27.5 Å². The van der Waals surface area contributed by atoms with Crippen molar-refractivity contribution in [2.75, 3.05) is 13.1 Å². The molecule has 0 bridgehead atoms. The summed E-state index contributed by atoms with van der Waals surface area (Å²) in [5.41, 5.74) is -6.07. The van der Waals surface area contributed by atoms with Crippen LogP contribution in [0.1, 0.15) is 57.1 Å². The number of amides is 2. The minimum absolute atomic E-state index is 0.0199. The molecule has 2 atom stereocenters. The molecular weight excluding hydrogens is 573 g/mol. The van der Waals surface area contributed by atoms with Crippen molar-refractivity contribution >= 4 is 17.5 Å². The Labute approximate surface area is 225 Å². The van der Waals surface area contributed by atoms with Crippen LogP contribution in [0.2, 0.25) is 0 Å². The Morgan fingerprint density at radius 1 is 0.927 bits per heavy atom. The van der Waals surface area contributed by atoms with Crippen LogP contribution in [0.5, 0.6) is 0 Å². The fraction of sp³-hybridized carbons (Fsp3) is 0.423. The van der Waals surface area contributed by atoms with Crippen LogP contribution in [0, 0.1) is 11.8 Å². The lowest BCUT2D eigenvalue weighted by atomic mass is 9.81. The highest BCUT2D eigenvalue weighted by Crippen LogP contribution is 2.48. The third-order valence-corrected chi connectivity index (χ3v) is 7.74. The molecule has 4 aliphatic rings. The largest absolute Gasteiger partial charge is 0.416 e. The minimum Gasteiger partial charge on any atom is -0.386 e. The van der Waals surface area contributed by atoms with Gasteiger partial charge in [-0.3, -0.25) is 9.59 Å². The summed E-state index contributed by atoms with van der Waals surface area (Å²) in [5.74, 6) is -3.41. The molecule has 2 amide bonds. The molecule has 6 nitrogen and oxygen atoms in total. The number of alkyl halides is 9. The standard InChI is InChI=1S/C26H18F9N3O3/c27-24(28,29)14-5-13(6-15(8-14)25(30,31)32)20-18(26(33,34)35)19(37-41-20)12-3-4-17-16(7-12)21(39)36-23(17)9-38(10-23)22(40)11-1-2-11/h3-8,11,18,20H,1-2,9-10H2,(H,36,39). The molecule has 1 N–H and O–H groups in total. The monoisotopic (exact) mass is 591 g/mol. The number of fused-ring (bicyclic) bond motifs is 2.